The minimum absolute atomic E-state index is 0.0741. The summed E-state index contributed by atoms with van der Waals surface area (Å²) in [5.41, 5.74) is 3.29. The molecule has 0 aliphatic carbocycles. The Morgan fingerprint density at radius 3 is 2.44 bits per heavy atom. The van der Waals surface area contributed by atoms with Gasteiger partial charge in [0.2, 0.25) is 5.78 Å². The van der Waals surface area contributed by atoms with Crippen molar-refractivity contribution in [1.29, 1.82) is 0 Å². The number of anilines is 1. The van der Waals surface area contributed by atoms with Gasteiger partial charge in [-0.25, -0.2) is 4.98 Å². The third kappa shape index (κ3) is 4.34. The monoisotopic (exact) mass is 477 g/mol. The molecule has 1 aliphatic heterocycles. The zero-order valence-electron chi connectivity index (χ0n) is 19.6. The Morgan fingerprint density at radius 2 is 1.82 bits per heavy atom. The number of aliphatic hydroxyl groups is 1. The van der Waals surface area contributed by atoms with Crippen LogP contribution in [0.15, 0.2) is 65.9 Å². The van der Waals surface area contributed by atoms with Crippen LogP contribution in [0.4, 0.5) is 5.69 Å². The Hall–Kier alpha value is -3.49. The molecule has 34 heavy (non-hydrogen) atoms. The lowest BCUT2D eigenvalue weighted by Crippen LogP contribution is -2.34. The highest BCUT2D eigenvalue weighted by Crippen LogP contribution is 2.41. The fraction of sp³-hybridized carbons (Fsp3) is 0.269. The fourth-order valence-corrected chi connectivity index (χ4v) is 5.07. The van der Waals surface area contributed by atoms with Crippen molar-refractivity contribution in [3.63, 3.8) is 0 Å². The summed E-state index contributed by atoms with van der Waals surface area (Å²) in [7, 11) is 5.43. The van der Waals surface area contributed by atoms with Gasteiger partial charge in [-0.3, -0.25) is 9.59 Å². The largest absolute Gasteiger partial charge is 0.503 e. The van der Waals surface area contributed by atoms with E-state index in [1.165, 1.54) is 16.2 Å². The first kappa shape index (κ1) is 23.7. The van der Waals surface area contributed by atoms with Crippen molar-refractivity contribution in [3.8, 4) is 10.6 Å². The van der Waals surface area contributed by atoms with Crippen LogP contribution in [0.3, 0.4) is 0 Å². The molecule has 1 unspecified atom stereocenters. The predicted molar refractivity (Wildman–Crippen MR) is 133 cm³/mol. The Kier molecular flexibility index (Phi) is 6.81. The number of nitrogens with zero attached hydrogens (tertiary/aromatic N) is 3. The molecule has 1 amide bonds. The van der Waals surface area contributed by atoms with E-state index in [4.69, 9.17) is 4.74 Å². The highest BCUT2D eigenvalue weighted by molar-refractivity contribution is 7.17. The van der Waals surface area contributed by atoms with Crippen LogP contribution in [0.1, 0.15) is 27.0 Å². The molecule has 0 bridgehead atoms. The van der Waals surface area contributed by atoms with Gasteiger partial charge in [-0.15, -0.1) is 11.3 Å². The molecule has 1 aliphatic rings. The molecule has 1 aromatic heterocycles. The normalized spacial score (nSPS) is 15.8. The van der Waals surface area contributed by atoms with E-state index in [0.29, 0.717) is 15.6 Å². The number of aryl methyl sites for hydroxylation is 1. The van der Waals surface area contributed by atoms with E-state index in [1.54, 1.807) is 14.0 Å². The van der Waals surface area contributed by atoms with Crippen LogP contribution in [0.2, 0.25) is 0 Å². The van der Waals surface area contributed by atoms with Gasteiger partial charge >= 0.3 is 0 Å². The number of Topliss-reactive ketones (excluding diaryl/α,β-unsaturated/α-hetero) is 1. The van der Waals surface area contributed by atoms with Crippen LogP contribution in [0.5, 0.6) is 0 Å². The van der Waals surface area contributed by atoms with E-state index in [9.17, 15) is 14.7 Å². The summed E-state index contributed by atoms with van der Waals surface area (Å²) >= 11 is 1.27. The van der Waals surface area contributed by atoms with E-state index >= 15 is 0 Å². The van der Waals surface area contributed by atoms with Crippen molar-refractivity contribution in [2.75, 3.05) is 39.3 Å². The van der Waals surface area contributed by atoms with E-state index in [2.05, 4.69) is 4.98 Å². The third-order valence-corrected chi connectivity index (χ3v) is 7.04. The van der Waals surface area contributed by atoms with Crippen molar-refractivity contribution in [3.05, 3.63) is 82.1 Å². The summed E-state index contributed by atoms with van der Waals surface area (Å²) in [6.45, 7) is 2.30. The summed E-state index contributed by atoms with van der Waals surface area (Å²) in [5, 5.41) is 11.6. The number of hydrogen-bond donors (Lipinski definition) is 1. The van der Waals surface area contributed by atoms with Gasteiger partial charge < -0.3 is 19.6 Å². The molecule has 0 saturated heterocycles. The number of benzene rings is 2. The van der Waals surface area contributed by atoms with E-state index in [1.807, 2.05) is 73.6 Å². The molecule has 1 atom stereocenters. The SMILES string of the molecule is COCCN1C(=O)C(O)=C(C(=O)c2sc(-c3ccccc3)nc2C)C1c1ccc(N(C)C)cc1. The number of aliphatic hydroxyl groups excluding tert-OH is 1. The lowest BCUT2D eigenvalue weighted by Gasteiger charge is -2.27. The maximum Gasteiger partial charge on any atom is 0.290 e. The van der Waals surface area contributed by atoms with Gasteiger partial charge in [-0.05, 0) is 24.6 Å². The van der Waals surface area contributed by atoms with Crippen molar-refractivity contribution < 1.29 is 19.4 Å². The second-order valence-corrected chi connectivity index (χ2v) is 9.27. The lowest BCUT2D eigenvalue weighted by molar-refractivity contribution is -0.130. The number of rotatable bonds is 8. The summed E-state index contributed by atoms with van der Waals surface area (Å²) in [6, 6.07) is 16.5. The average Bonchev–Trinajstić information content (AvgIpc) is 3.35. The maximum atomic E-state index is 13.8. The van der Waals surface area contributed by atoms with Crippen molar-refractivity contribution in [1.82, 2.24) is 9.88 Å². The summed E-state index contributed by atoms with van der Waals surface area (Å²) in [5.74, 6) is -1.48. The smallest absolute Gasteiger partial charge is 0.290 e. The number of amides is 1. The highest BCUT2D eigenvalue weighted by Gasteiger charge is 2.44. The molecular formula is C26H27N3O4S. The van der Waals surface area contributed by atoms with Gasteiger partial charge in [0.05, 0.1) is 28.8 Å². The molecule has 4 rings (SSSR count). The molecule has 176 valence electrons. The van der Waals surface area contributed by atoms with Crippen LogP contribution in [0, 0.1) is 6.92 Å². The number of ether oxygens (including phenoxy) is 1. The highest BCUT2D eigenvalue weighted by atomic mass is 32.1. The number of aromatic nitrogens is 1. The van der Waals surface area contributed by atoms with Gasteiger partial charge in [0.1, 0.15) is 5.01 Å². The minimum atomic E-state index is -0.715. The first-order valence-corrected chi connectivity index (χ1v) is 11.7. The van der Waals surface area contributed by atoms with Crippen LogP contribution in [-0.2, 0) is 9.53 Å². The number of hydrogen-bond acceptors (Lipinski definition) is 7. The number of ketones is 1. The van der Waals surface area contributed by atoms with Crippen molar-refractivity contribution in [2.24, 2.45) is 0 Å². The zero-order valence-corrected chi connectivity index (χ0v) is 20.4. The molecule has 3 aromatic rings. The molecule has 0 saturated carbocycles. The second-order valence-electron chi connectivity index (χ2n) is 8.27. The lowest BCUT2D eigenvalue weighted by atomic mass is 9.95. The quantitative estimate of drug-likeness (QED) is 0.484. The van der Waals surface area contributed by atoms with Crippen molar-refractivity contribution >= 4 is 28.7 Å². The van der Waals surface area contributed by atoms with E-state index < -0.39 is 17.7 Å². The molecule has 0 fully saturated rings. The number of thiazole rings is 1. The van der Waals surface area contributed by atoms with Gasteiger partial charge in [-0.1, -0.05) is 42.5 Å². The van der Waals surface area contributed by atoms with Crippen LogP contribution >= 0.6 is 11.3 Å². The molecule has 7 nitrogen and oxygen atoms in total. The average molecular weight is 478 g/mol. The molecule has 1 N–H and O–H groups in total. The summed E-state index contributed by atoms with van der Waals surface area (Å²) in [4.78, 5) is 35.3. The summed E-state index contributed by atoms with van der Waals surface area (Å²) < 4.78 is 5.18. The Morgan fingerprint density at radius 1 is 1.15 bits per heavy atom. The Labute approximate surface area is 202 Å². The first-order valence-electron chi connectivity index (χ1n) is 10.9. The van der Waals surface area contributed by atoms with Crippen LogP contribution in [0.25, 0.3) is 10.6 Å². The molecule has 0 spiro atoms. The number of carbonyl (C=O) groups excluding carboxylic acids is 2. The zero-order chi connectivity index (χ0) is 24.4. The van der Waals surface area contributed by atoms with Crippen molar-refractivity contribution in [2.45, 2.75) is 13.0 Å². The maximum absolute atomic E-state index is 13.8. The van der Waals surface area contributed by atoms with Gasteiger partial charge in [-0.2, -0.15) is 0 Å². The minimum Gasteiger partial charge on any atom is -0.503 e. The van der Waals surface area contributed by atoms with Crippen LogP contribution in [-0.4, -0.2) is 61.0 Å². The Balaban J connectivity index is 1.77. The second kappa shape index (κ2) is 9.79. The van der Waals surface area contributed by atoms with E-state index in [0.717, 1.165) is 16.8 Å². The number of methoxy groups -OCH3 is 1. The van der Waals surface area contributed by atoms with Gasteiger partial charge in [0.25, 0.3) is 5.91 Å². The molecule has 0 radical (unpaired) electrons. The first-order chi connectivity index (χ1) is 16.3. The van der Waals surface area contributed by atoms with E-state index in [-0.39, 0.29) is 24.5 Å². The summed E-state index contributed by atoms with van der Waals surface area (Å²) in [6.07, 6.45) is 0. The molecule has 2 aromatic carbocycles. The number of carbonyl (C=O) groups is 2. The Bertz CT molecular complexity index is 1230. The fourth-order valence-electron chi connectivity index (χ4n) is 4.04. The van der Waals surface area contributed by atoms with Gasteiger partial charge in [0.15, 0.2) is 5.76 Å². The topological polar surface area (TPSA) is 83.0 Å². The molecule has 2 heterocycles. The molecule has 8 heteroatoms. The predicted octanol–water partition coefficient (Wildman–Crippen LogP) is 4.41. The van der Waals surface area contributed by atoms with Crippen LogP contribution < -0.4 is 4.90 Å². The standard InChI is InChI=1S/C26H27N3O4S/c1-16-24(34-25(27-16)18-8-6-5-7-9-18)22(30)20-21(17-10-12-19(13-11-17)28(2)3)29(14-15-33-4)26(32)23(20)31/h5-13,21,31H,14-15H2,1-4H3. The molecular weight excluding hydrogens is 450 g/mol. The van der Waals surface area contributed by atoms with Gasteiger partial charge in [0, 0.05) is 39.0 Å². The third-order valence-electron chi connectivity index (χ3n) is 5.83.